The minimum Gasteiger partial charge on any atom is -0.370 e. The molecule has 0 saturated heterocycles. The number of rotatable bonds is 3. The van der Waals surface area contributed by atoms with E-state index in [1.54, 1.807) is 18.4 Å². The van der Waals surface area contributed by atoms with Gasteiger partial charge in [-0.2, -0.15) is 0 Å². The molecule has 0 aliphatic rings. The van der Waals surface area contributed by atoms with Crippen LogP contribution < -0.4 is 11.1 Å². The molecule has 0 spiro atoms. The summed E-state index contributed by atoms with van der Waals surface area (Å²) in [5.74, 6) is 0.452. The van der Waals surface area contributed by atoms with Crippen LogP contribution in [0.15, 0.2) is 11.2 Å². The molecule has 1 heterocycles. The van der Waals surface area contributed by atoms with Crippen molar-refractivity contribution in [2.75, 3.05) is 7.05 Å². The second kappa shape index (κ2) is 4.81. The van der Waals surface area contributed by atoms with Crippen molar-refractivity contribution in [3.63, 3.8) is 0 Å². The number of guanidine groups is 1. The van der Waals surface area contributed by atoms with E-state index in [-0.39, 0.29) is 0 Å². The Bertz CT molecular complexity index is 292. The Kier molecular flexibility index (Phi) is 3.70. The van der Waals surface area contributed by atoms with Crippen LogP contribution in [0.1, 0.15) is 16.8 Å². The molecule has 1 rings (SSSR count). The number of aliphatic imine (C=N–C) groups is 1. The lowest BCUT2D eigenvalue weighted by Crippen LogP contribution is -2.30. The Labute approximate surface area is 81.9 Å². The number of nitrogens with zero attached hydrogens (tertiary/aromatic N) is 2. The summed E-state index contributed by atoms with van der Waals surface area (Å²) in [6, 6.07) is 0. The number of hydrogen-bond donors (Lipinski definition) is 2. The lowest BCUT2D eigenvalue weighted by molar-refractivity contribution is 0.888. The van der Waals surface area contributed by atoms with Gasteiger partial charge in [0.1, 0.15) is 5.01 Å². The third kappa shape index (κ3) is 3.02. The van der Waals surface area contributed by atoms with Crippen molar-refractivity contribution in [1.82, 2.24) is 10.3 Å². The molecule has 0 saturated carbocycles. The van der Waals surface area contributed by atoms with Crippen LogP contribution in [0.2, 0.25) is 0 Å². The predicted molar refractivity (Wildman–Crippen MR) is 55.9 cm³/mol. The minimum atomic E-state index is 0.452. The second-order valence-electron chi connectivity index (χ2n) is 2.54. The first kappa shape index (κ1) is 9.98. The molecule has 3 N–H and O–H groups in total. The lowest BCUT2D eigenvalue weighted by Gasteiger charge is -2.00. The van der Waals surface area contributed by atoms with Gasteiger partial charge in [0.2, 0.25) is 0 Å². The van der Waals surface area contributed by atoms with E-state index in [1.807, 2.05) is 6.20 Å². The zero-order valence-corrected chi connectivity index (χ0v) is 8.69. The lowest BCUT2D eigenvalue weighted by atomic mass is 10.4. The van der Waals surface area contributed by atoms with Crippen molar-refractivity contribution in [2.24, 2.45) is 10.7 Å². The molecule has 13 heavy (non-hydrogen) atoms. The zero-order valence-electron chi connectivity index (χ0n) is 7.87. The van der Waals surface area contributed by atoms with Gasteiger partial charge in [-0.05, 0) is 6.42 Å². The number of nitrogens with two attached hydrogens (primary N) is 1. The summed E-state index contributed by atoms with van der Waals surface area (Å²) < 4.78 is 0. The number of hydrogen-bond acceptors (Lipinski definition) is 3. The normalized spacial score (nSPS) is 11.7. The van der Waals surface area contributed by atoms with Crippen molar-refractivity contribution < 1.29 is 0 Å². The molecule has 0 amide bonds. The van der Waals surface area contributed by atoms with Crippen molar-refractivity contribution in [2.45, 2.75) is 19.9 Å². The highest BCUT2D eigenvalue weighted by atomic mass is 32.1. The van der Waals surface area contributed by atoms with Crippen molar-refractivity contribution in [3.05, 3.63) is 16.1 Å². The summed E-state index contributed by atoms with van der Waals surface area (Å²) >= 11 is 1.70. The molecule has 5 heteroatoms. The summed E-state index contributed by atoms with van der Waals surface area (Å²) in [5.41, 5.74) is 5.48. The van der Waals surface area contributed by atoms with E-state index in [1.165, 1.54) is 4.88 Å². The summed E-state index contributed by atoms with van der Waals surface area (Å²) in [5, 5.41) is 4.01. The van der Waals surface area contributed by atoms with Gasteiger partial charge in [0.25, 0.3) is 0 Å². The Balaban J connectivity index is 2.45. The average Bonchev–Trinajstić information content (AvgIpc) is 2.61. The van der Waals surface area contributed by atoms with Crippen LogP contribution in [0.4, 0.5) is 0 Å². The molecule has 1 aromatic heterocycles. The van der Waals surface area contributed by atoms with Crippen LogP contribution in [-0.4, -0.2) is 18.0 Å². The Morgan fingerprint density at radius 1 is 1.77 bits per heavy atom. The Morgan fingerprint density at radius 3 is 3.08 bits per heavy atom. The van der Waals surface area contributed by atoms with E-state index < -0.39 is 0 Å². The number of aryl methyl sites for hydroxylation is 1. The van der Waals surface area contributed by atoms with Gasteiger partial charge in [-0.1, -0.05) is 6.92 Å². The number of thiazole rings is 1. The molecule has 0 radical (unpaired) electrons. The first-order valence-electron chi connectivity index (χ1n) is 4.16. The van der Waals surface area contributed by atoms with E-state index in [9.17, 15) is 0 Å². The third-order valence-corrected chi connectivity index (χ3v) is 2.75. The van der Waals surface area contributed by atoms with E-state index in [0.717, 1.165) is 11.4 Å². The maximum absolute atomic E-state index is 5.48. The first-order chi connectivity index (χ1) is 6.26. The molecular weight excluding hydrogens is 184 g/mol. The van der Waals surface area contributed by atoms with Crippen LogP contribution in [0.3, 0.4) is 0 Å². The highest BCUT2D eigenvalue weighted by Crippen LogP contribution is 2.12. The Hall–Kier alpha value is -1.10. The maximum Gasteiger partial charge on any atom is 0.188 e. The fourth-order valence-electron chi connectivity index (χ4n) is 0.838. The smallest absolute Gasteiger partial charge is 0.188 e. The molecule has 0 unspecified atom stereocenters. The predicted octanol–water partition coefficient (Wildman–Crippen LogP) is 0.740. The van der Waals surface area contributed by atoms with Gasteiger partial charge in [-0.25, -0.2) is 4.98 Å². The van der Waals surface area contributed by atoms with Crippen molar-refractivity contribution in [3.8, 4) is 0 Å². The SMILES string of the molecule is CCc1cnc(CNC(N)=NC)s1. The largest absolute Gasteiger partial charge is 0.370 e. The maximum atomic E-state index is 5.48. The summed E-state index contributed by atoms with van der Waals surface area (Å²) in [6.45, 7) is 2.78. The molecule has 0 bridgehead atoms. The topological polar surface area (TPSA) is 63.3 Å². The molecule has 0 fully saturated rings. The van der Waals surface area contributed by atoms with Gasteiger partial charge in [-0.3, -0.25) is 4.99 Å². The molecule has 0 aliphatic heterocycles. The van der Waals surface area contributed by atoms with Crippen LogP contribution in [-0.2, 0) is 13.0 Å². The molecule has 4 nitrogen and oxygen atoms in total. The van der Waals surface area contributed by atoms with Crippen molar-refractivity contribution >= 4 is 17.3 Å². The summed E-state index contributed by atoms with van der Waals surface area (Å²) in [6.07, 6.45) is 2.94. The van der Waals surface area contributed by atoms with Gasteiger partial charge >= 0.3 is 0 Å². The van der Waals surface area contributed by atoms with Gasteiger partial charge in [0.15, 0.2) is 5.96 Å². The summed E-state index contributed by atoms with van der Waals surface area (Å²) in [4.78, 5) is 9.32. The number of nitrogens with one attached hydrogen (secondary N) is 1. The summed E-state index contributed by atoms with van der Waals surface area (Å²) in [7, 11) is 1.65. The minimum absolute atomic E-state index is 0.452. The third-order valence-electron chi connectivity index (χ3n) is 1.61. The van der Waals surface area contributed by atoms with E-state index >= 15 is 0 Å². The highest BCUT2D eigenvalue weighted by Gasteiger charge is 1.99. The average molecular weight is 198 g/mol. The second-order valence-corrected chi connectivity index (χ2v) is 3.74. The van der Waals surface area contributed by atoms with Crippen LogP contribution in [0.5, 0.6) is 0 Å². The number of aromatic nitrogens is 1. The van der Waals surface area contributed by atoms with Crippen LogP contribution in [0, 0.1) is 0 Å². The molecular formula is C8H14N4S. The first-order valence-corrected chi connectivity index (χ1v) is 4.97. The van der Waals surface area contributed by atoms with E-state index in [2.05, 4.69) is 22.2 Å². The van der Waals surface area contributed by atoms with Gasteiger partial charge in [0, 0.05) is 18.1 Å². The standard InChI is InChI=1S/C8H14N4S/c1-3-6-4-11-7(13-6)5-12-8(9)10-2/h4H,3,5H2,1-2H3,(H3,9,10,12). The fourth-order valence-corrected chi connectivity index (χ4v) is 1.64. The quantitative estimate of drug-likeness (QED) is 0.556. The highest BCUT2D eigenvalue weighted by molar-refractivity contribution is 7.11. The van der Waals surface area contributed by atoms with Gasteiger partial charge in [0.05, 0.1) is 6.54 Å². The van der Waals surface area contributed by atoms with E-state index in [0.29, 0.717) is 12.5 Å². The molecule has 72 valence electrons. The van der Waals surface area contributed by atoms with Crippen LogP contribution >= 0.6 is 11.3 Å². The zero-order chi connectivity index (χ0) is 9.68. The van der Waals surface area contributed by atoms with Crippen LogP contribution in [0.25, 0.3) is 0 Å². The fraction of sp³-hybridized carbons (Fsp3) is 0.500. The van der Waals surface area contributed by atoms with Crippen molar-refractivity contribution in [1.29, 1.82) is 0 Å². The Morgan fingerprint density at radius 2 is 2.54 bits per heavy atom. The molecule has 1 aromatic rings. The van der Waals surface area contributed by atoms with Gasteiger partial charge < -0.3 is 11.1 Å². The monoisotopic (exact) mass is 198 g/mol. The van der Waals surface area contributed by atoms with E-state index in [4.69, 9.17) is 5.73 Å². The van der Waals surface area contributed by atoms with Gasteiger partial charge in [-0.15, -0.1) is 11.3 Å². The molecule has 0 atom stereocenters. The molecule has 0 aliphatic carbocycles. The molecule has 0 aromatic carbocycles.